The molecule has 4 N–H and O–H groups in total. The third-order valence-corrected chi connectivity index (χ3v) is 0. The van der Waals surface area contributed by atoms with Gasteiger partial charge in [0.15, 0.2) is 0 Å². The summed E-state index contributed by atoms with van der Waals surface area (Å²) in [5.74, 6) is 0. The molecule has 0 saturated heterocycles. The van der Waals surface area contributed by atoms with Gasteiger partial charge in [-0.05, 0) is 0 Å². The second-order valence-corrected chi connectivity index (χ2v) is 0.402. The first-order chi connectivity index (χ1) is 1.73. The second-order valence-electron chi connectivity index (χ2n) is 0.402. The summed E-state index contributed by atoms with van der Waals surface area (Å²) < 4.78 is 0. The van der Waals surface area contributed by atoms with Crippen molar-refractivity contribution in [2.75, 3.05) is 0 Å². The van der Waals surface area contributed by atoms with Crippen LogP contribution in [0.2, 0.25) is 0 Å². The van der Waals surface area contributed by atoms with Crippen molar-refractivity contribution in [2.24, 2.45) is 11.5 Å². The topological polar surface area (TPSA) is 69.1 Å². The van der Waals surface area contributed by atoms with E-state index >= 15 is 0 Å². The van der Waals surface area contributed by atoms with Gasteiger partial charge in [0.05, 0.1) is 0 Å². The molecular weight excluding hydrogens is 125 g/mol. The molecule has 0 bridgehead atoms. The molecule has 0 heterocycles. The van der Waals surface area contributed by atoms with Crippen LogP contribution >= 0.6 is 0 Å². The fourth-order valence-electron chi connectivity index (χ4n) is 0. The van der Waals surface area contributed by atoms with Gasteiger partial charge in [0, 0.05) is 0 Å². The normalized spacial score (nSPS) is 3.43. The molecular formula is CH7N2Na3O. The number of amides is 2. The van der Waals surface area contributed by atoms with Crippen molar-refractivity contribution < 1.29 is 4.79 Å². The zero-order chi connectivity index (χ0) is 3.58. The SMILES string of the molecule is NC(N)=O.[NaH].[NaH].[NaH]. The molecule has 0 aliphatic rings. The van der Waals surface area contributed by atoms with E-state index in [0.29, 0.717) is 0 Å². The molecule has 0 aliphatic carbocycles. The van der Waals surface area contributed by atoms with Crippen LogP contribution in [-0.4, -0.2) is 94.7 Å². The maximum atomic E-state index is 9.00. The van der Waals surface area contributed by atoms with E-state index < -0.39 is 6.03 Å². The number of rotatable bonds is 0. The van der Waals surface area contributed by atoms with Crippen molar-refractivity contribution in [1.29, 1.82) is 0 Å². The molecule has 0 spiro atoms. The van der Waals surface area contributed by atoms with E-state index in [9.17, 15) is 0 Å². The predicted molar refractivity (Wildman–Crippen MR) is 35.2 cm³/mol. The fraction of sp³-hybridized carbons (Fsp3) is 0. The average Bonchev–Trinajstić information content (AvgIpc) is 0.811. The van der Waals surface area contributed by atoms with Crippen molar-refractivity contribution in [3.8, 4) is 0 Å². The van der Waals surface area contributed by atoms with Gasteiger partial charge in [-0.2, -0.15) is 0 Å². The Morgan fingerprint density at radius 2 is 1.00 bits per heavy atom. The third-order valence-electron chi connectivity index (χ3n) is 0. The van der Waals surface area contributed by atoms with Crippen molar-refractivity contribution >= 4 is 94.7 Å². The third kappa shape index (κ3) is 63.1. The summed E-state index contributed by atoms with van der Waals surface area (Å²) in [6.07, 6.45) is 0. The summed E-state index contributed by atoms with van der Waals surface area (Å²) in [4.78, 5) is 9.00. The van der Waals surface area contributed by atoms with E-state index in [0.717, 1.165) is 0 Å². The Morgan fingerprint density at radius 1 is 1.00 bits per heavy atom. The van der Waals surface area contributed by atoms with Gasteiger partial charge in [0.1, 0.15) is 0 Å². The van der Waals surface area contributed by atoms with E-state index in [1.165, 1.54) is 0 Å². The van der Waals surface area contributed by atoms with Crippen LogP contribution in [0.4, 0.5) is 4.79 Å². The van der Waals surface area contributed by atoms with Gasteiger partial charge >= 0.3 is 94.7 Å². The monoisotopic (exact) mass is 132 g/mol. The molecule has 0 aromatic heterocycles. The fourth-order valence-corrected chi connectivity index (χ4v) is 0. The van der Waals surface area contributed by atoms with Crippen molar-refractivity contribution in [3.63, 3.8) is 0 Å². The summed E-state index contributed by atoms with van der Waals surface area (Å²) in [6, 6.07) is -0.833. The minimum absolute atomic E-state index is 0. The Labute approximate surface area is 109 Å². The summed E-state index contributed by atoms with van der Waals surface area (Å²) in [5, 5.41) is 0. The van der Waals surface area contributed by atoms with Gasteiger partial charge in [-0.15, -0.1) is 0 Å². The summed E-state index contributed by atoms with van der Waals surface area (Å²) in [5.41, 5.74) is 8.50. The van der Waals surface area contributed by atoms with Crippen LogP contribution in [0.3, 0.4) is 0 Å². The van der Waals surface area contributed by atoms with Gasteiger partial charge in [-0.25, -0.2) is 4.79 Å². The Balaban J connectivity index is -0.0000000150. The van der Waals surface area contributed by atoms with E-state index in [4.69, 9.17) is 4.79 Å². The van der Waals surface area contributed by atoms with Crippen LogP contribution in [0.15, 0.2) is 0 Å². The van der Waals surface area contributed by atoms with E-state index in [1.54, 1.807) is 0 Å². The molecule has 6 heteroatoms. The van der Waals surface area contributed by atoms with Gasteiger partial charge in [-0.1, -0.05) is 0 Å². The molecule has 0 aromatic carbocycles. The standard InChI is InChI=1S/CH4N2O.3Na.3H/c2-1(3)4;;;;;;/h(H4,2,3,4);;;;;;. The number of carbonyl (C=O) groups excluding carboxylic acids is 1. The van der Waals surface area contributed by atoms with E-state index in [2.05, 4.69) is 11.5 Å². The Hall–Kier alpha value is 2.27. The molecule has 2 amide bonds. The zero-order valence-corrected chi connectivity index (χ0v) is 2.06. The van der Waals surface area contributed by atoms with Crippen LogP contribution in [0.5, 0.6) is 0 Å². The maximum absolute atomic E-state index is 9.00. The van der Waals surface area contributed by atoms with Gasteiger partial charge in [0.25, 0.3) is 0 Å². The second kappa shape index (κ2) is 15.7. The molecule has 3 nitrogen and oxygen atoms in total. The number of hydrogen-bond acceptors (Lipinski definition) is 1. The molecule has 0 unspecified atom stereocenters. The van der Waals surface area contributed by atoms with Crippen LogP contribution in [0, 0.1) is 0 Å². The van der Waals surface area contributed by atoms with Gasteiger partial charge < -0.3 is 11.5 Å². The molecule has 0 saturated carbocycles. The molecule has 0 fully saturated rings. The van der Waals surface area contributed by atoms with Crippen molar-refractivity contribution in [1.82, 2.24) is 0 Å². The van der Waals surface area contributed by atoms with Crippen molar-refractivity contribution in [3.05, 3.63) is 0 Å². The first-order valence-corrected chi connectivity index (χ1v) is 0.781. The number of primary amides is 2. The molecule has 0 radical (unpaired) electrons. The Kier molecular flexibility index (Phi) is 51.3. The molecule has 30 valence electrons. The van der Waals surface area contributed by atoms with Crippen LogP contribution in [0.1, 0.15) is 0 Å². The number of nitrogens with two attached hydrogens (primary N) is 2. The number of hydrogen-bond donors (Lipinski definition) is 2. The first kappa shape index (κ1) is 22.8. The van der Waals surface area contributed by atoms with Gasteiger partial charge in [-0.3, -0.25) is 0 Å². The molecule has 0 atom stereocenters. The predicted octanol–water partition coefficient (Wildman–Crippen LogP) is -2.92. The summed E-state index contributed by atoms with van der Waals surface area (Å²) in [7, 11) is 0. The minimum atomic E-state index is -0.833. The van der Waals surface area contributed by atoms with Crippen LogP contribution in [0.25, 0.3) is 0 Å². The first-order valence-electron chi connectivity index (χ1n) is 0.781. The zero-order valence-electron chi connectivity index (χ0n) is 2.06. The molecule has 0 aliphatic heterocycles. The Morgan fingerprint density at radius 3 is 1.00 bits per heavy atom. The van der Waals surface area contributed by atoms with Crippen LogP contribution in [-0.2, 0) is 0 Å². The molecule has 7 heavy (non-hydrogen) atoms. The number of carbonyl (C=O) groups is 1. The number of urea groups is 1. The van der Waals surface area contributed by atoms with E-state index in [-0.39, 0.29) is 88.7 Å². The van der Waals surface area contributed by atoms with Crippen molar-refractivity contribution in [2.45, 2.75) is 0 Å². The molecule has 0 rings (SSSR count). The van der Waals surface area contributed by atoms with E-state index in [1.807, 2.05) is 0 Å². The summed E-state index contributed by atoms with van der Waals surface area (Å²) in [6.45, 7) is 0. The Bertz CT molecular complexity index is 35.9. The quantitative estimate of drug-likeness (QED) is 0.340. The van der Waals surface area contributed by atoms with Crippen LogP contribution < -0.4 is 11.5 Å². The molecule has 0 aromatic rings. The summed E-state index contributed by atoms with van der Waals surface area (Å²) >= 11 is 0. The average molecular weight is 132 g/mol. The van der Waals surface area contributed by atoms with Gasteiger partial charge in [0.2, 0.25) is 0 Å².